The molecule has 0 N–H and O–H groups in total. The van der Waals surface area contributed by atoms with Crippen LogP contribution in [0.2, 0.25) is 0 Å². The summed E-state index contributed by atoms with van der Waals surface area (Å²) >= 11 is 2.82. The summed E-state index contributed by atoms with van der Waals surface area (Å²) in [6.07, 6.45) is 0.361. The fraction of sp³-hybridized carbons (Fsp3) is 0.154. The van der Waals surface area contributed by atoms with Crippen molar-refractivity contribution < 1.29 is 9.53 Å². The molecule has 0 spiro atoms. The van der Waals surface area contributed by atoms with E-state index in [1.54, 1.807) is 11.3 Å². The highest BCUT2D eigenvalue weighted by atomic mass is 32.1. The molecule has 6 heteroatoms. The fourth-order valence-corrected chi connectivity index (χ4v) is 3.73. The second-order valence-corrected chi connectivity index (χ2v) is 5.71. The number of carbonyl (C=O) groups excluding carboxylic acids is 1. The summed E-state index contributed by atoms with van der Waals surface area (Å²) in [6.45, 7) is 0. The monoisotopic (exact) mass is 288 g/mol. The van der Waals surface area contributed by atoms with E-state index in [1.165, 1.54) is 11.7 Å². The topological polar surface area (TPSA) is 52.1 Å². The molecule has 4 nitrogen and oxygen atoms in total. The van der Waals surface area contributed by atoms with Crippen LogP contribution in [0.15, 0.2) is 29.0 Å². The fourth-order valence-electron chi connectivity index (χ4n) is 2.47. The summed E-state index contributed by atoms with van der Waals surface area (Å²) in [5.74, 6) is 0.453. The van der Waals surface area contributed by atoms with Crippen molar-refractivity contribution in [2.24, 2.45) is 0 Å². The lowest BCUT2D eigenvalue weighted by molar-refractivity contribution is -0.135. The largest absolute Gasteiger partial charge is 0.426 e. The number of aromatic nitrogens is 2. The Morgan fingerprint density at radius 3 is 3.05 bits per heavy atom. The van der Waals surface area contributed by atoms with Crippen LogP contribution >= 0.6 is 23.1 Å². The van der Waals surface area contributed by atoms with Crippen LogP contribution in [-0.2, 0) is 4.79 Å². The zero-order valence-electron chi connectivity index (χ0n) is 9.70. The third-order valence-corrected chi connectivity index (χ3v) is 4.56. The van der Waals surface area contributed by atoms with Crippen molar-refractivity contribution in [3.63, 3.8) is 0 Å². The molecule has 3 aromatic rings. The van der Waals surface area contributed by atoms with E-state index < -0.39 is 0 Å². The second kappa shape index (κ2) is 4.11. The molecular weight excluding hydrogens is 280 g/mol. The standard InChI is InChI=1S/C13H8N2O2S2/c16-11-5-8(7-3-4-18-6-7)12-10(17-11)2-1-9-13(12)15-19-14-9/h1-4,6,8H,5H2/t8-/m1/s1. The second-order valence-electron chi connectivity index (χ2n) is 4.40. The predicted octanol–water partition coefficient (Wildman–Crippen LogP) is 3.19. The van der Waals surface area contributed by atoms with Gasteiger partial charge in [0, 0.05) is 11.5 Å². The van der Waals surface area contributed by atoms with Crippen molar-refractivity contribution in [1.29, 1.82) is 0 Å². The van der Waals surface area contributed by atoms with Crippen LogP contribution in [0, 0.1) is 0 Å². The van der Waals surface area contributed by atoms with E-state index >= 15 is 0 Å². The summed E-state index contributed by atoms with van der Waals surface area (Å²) < 4.78 is 14.0. The molecule has 0 aliphatic carbocycles. The van der Waals surface area contributed by atoms with Gasteiger partial charge in [-0.1, -0.05) is 0 Å². The van der Waals surface area contributed by atoms with Gasteiger partial charge in [-0.05, 0) is 34.5 Å². The number of benzene rings is 1. The third-order valence-electron chi connectivity index (χ3n) is 3.32. The number of hydrogen-bond donors (Lipinski definition) is 0. The smallest absolute Gasteiger partial charge is 0.312 e. The van der Waals surface area contributed by atoms with Crippen LogP contribution in [0.4, 0.5) is 0 Å². The van der Waals surface area contributed by atoms with Gasteiger partial charge in [-0.25, -0.2) is 0 Å². The Morgan fingerprint density at radius 2 is 2.21 bits per heavy atom. The first-order valence-corrected chi connectivity index (χ1v) is 7.48. The van der Waals surface area contributed by atoms with E-state index in [2.05, 4.69) is 20.2 Å². The number of esters is 1. The lowest BCUT2D eigenvalue weighted by atomic mass is 9.87. The average molecular weight is 288 g/mol. The first kappa shape index (κ1) is 11.1. The van der Waals surface area contributed by atoms with Crippen molar-refractivity contribution in [3.05, 3.63) is 40.1 Å². The van der Waals surface area contributed by atoms with E-state index in [4.69, 9.17) is 4.74 Å². The normalized spacial score (nSPS) is 18.3. The van der Waals surface area contributed by atoms with Crippen LogP contribution in [-0.4, -0.2) is 14.7 Å². The number of fused-ring (bicyclic) bond motifs is 3. The van der Waals surface area contributed by atoms with Crippen molar-refractivity contribution in [1.82, 2.24) is 8.75 Å². The molecule has 2 aromatic heterocycles. The molecule has 1 aliphatic rings. The Bertz CT molecular complexity index is 764. The lowest BCUT2D eigenvalue weighted by Gasteiger charge is -2.23. The molecule has 19 heavy (non-hydrogen) atoms. The highest BCUT2D eigenvalue weighted by Crippen LogP contribution is 2.42. The maximum absolute atomic E-state index is 11.8. The molecule has 1 aromatic carbocycles. The minimum Gasteiger partial charge on any atom is -0.426 e. The number of nitrogens with zero attached hydrogens (tertiary/aromatic N) is 2. The van der Waals surface area contributed by atoms with Gasteiger partial charge in [-0.3, -0.25) is 4.79 Å². The van der Waals surface area contributed by atoms with Gasteiger partial charge in [0.05, 0.1) is 18.1 Å². The van der Waals surface area contributed by atoms with Crippen LogP contribution < -0.4 is 4.74 Å². The summed E-state index contributed by atoms with van der Waals surface area (Å²) in [5, 5.41) is 4.10. The molecule has 1 atom stereocenters. The van der Waals surface area contributed by atoms with Crippen molar-refractivity contribution in [2.75, 3.05) is 0 Å². The Morgan fingerprint density at radius 1 is 1.26 bits per heavy atom. The van der Waals surface area contributed by atoms with E-state index in [0.29, 0.717) is 12.2 Å². The van der Waals surface area contributed by atoms with Crippen molar-refractivity contribution >= 4 is 40.1 Å². The quantitative estimate of drug-likeness (QED) is 0.510. The molecule has 0 unspecified atom stereocenters. The predicted molar refractivity (Wildman–Crippen MR) is 73.8 cm³/mol. The number of hydrogen-bond acceptors (Lipinski definition) is 6. The van der Waals surface area contributed by atoms with Gasteiger partial charge in [0.15, 0.2) is 0 Å². The Kier molecular flexibility index (Phi) is 2.39. The molecule has 0 saturated carbocycles. The zero-order valence-corrected chi connectivity index (χ0v) is 11.3. The average Bonchev–Trinajstić information content (AvgIpc) is 3.08. The maximum atomic E-state index is 11.8. The number of ether oxygens (including phenoxy) is 1. The Labute approximate surface area is 117 Å². The lowest BCUT2D eigenvalue weighted by Crippen LogP contribution is -2.21. The van der Waals surface area contributed by atoms with Crippen molar-refractivity contribution in [2.45, 2.75) is 12.3 Å². The summed E-state index contributed by atoms with van der Waals surface area (Å²) in [7, 11) is 0. The van der Waals surface area contributed by atoms with E-state index in [9.17, 15) is 4.79 Å². The molecule has 0 bridgehead atoms. The van der Waals surface area contributed by atoms with Gasteiger partial charge in [0.1, 0.15) is 16.8 Å². The van der Waals surface area contributed by atoms with Crippen LogP contribution in [0.1, 0.15) is 23.5 Å². The highest BCUT2D eigenvalue weighted by molar-refractivity contribution is 7.08. The van der Waals surface area contributed by atoms with Crippen LogP contribution in [0.25, 0.3) is 11.0 Å². The summed E-state index contributed by atoms with van der Waals surface area (Å²) in [6, 6.07) is 5.72. The molecule has 3 heterocycles. The van der Waals surface area contributed by atoms with E-state index in [1.807, 2.05) is 17.5 Å². The maximum Gasteiger partial charge on any atom is 0.312 e. The van der Waals surface area contributed by atoms with Crippen LogP contribution in [0.3, 0.4) is 0 Å². The molecule has 4 rings (SSSR count). The number of rotatable bonds is 1. The van der Waals surface area contributed by atoms with Gasteiger partial charge in [0.2, 0.25) is 0 Å². The van der Waals surface area contributed by atoms with Crippen molar-refractivity contribution in [3.8, 4) is 5.75 Å². The van der Waals surface area contributed by atoms with Gasteiger partial charge in [-0.15, -0.1) is 0 Å². The van der Waals surface area contributed by atoms with Gasteiger partial charge >= 0.3 is 5.97 Å². The molecular formula is C13H8N2O2S2. The van der Waals surface area contributed by atoms with Crippen LogP contribution in [0.5, 0.6) is 5.75 Å². The third kappa shape index (κ3) is 1.67. The molecule has 94 valence electrons. The van der Waals surface area contributed by atoms with Gasteiger partial charge < -0.3 is 4.74 Å². The Balaban J connectivity index is 2.01. The first-order valence-electron chi connectivity index (χ1n) is 5.81. The first-order chi connectivity index (χ1) is 9.33. The zero-order chi connectivity index (χ0) is 12.8. The Hall–Kier alpha value is -1.79. The SMILES string of the molecule is O=C1C[C@H](c2ccsc2)c2c(ccc3nsnc23)O1. The minimum atomic E-state index is -0.189. The highest BCUT2D eigenvalue weighted by Gasteiger charge is 2.31. The minimum absolute atomic E-state index is 0.0232. The summed E-state index contributed by atoms with van der Waals surface area (Å²) in [5.41, 5.74) is 3.85. The van der Waals surface area contributed by atoms with E-state index in [-0.39, 0.29) is 11.9 Å². The summed E-state index contributed by atoms with van der Waals surface area (Å²) in [4.78, 5) is 11.8. The number of thiophene rings is 1. The molecule has 0 saturated heterocycles. The number of carbonyl (C=O) groups is 1. The molecule has 0 radical (unpaired) electrons. The molecule has 1 aliphatic heterocycles. The van der Waals surface area contributed by atoms with Gasteiger partial charge in [0.25, 0.3) is 0 Å². The molecule has 0 amide bonds. The molecule has 0 fully saturated rings. The van der Waals surface area contributed by atoms with Gasteiger partial charge in [-0.2, -0.15) is 20.1 Å². The van der Waals surface area contributed by atoms with E-state index in [0.717, 1.165) is 22.2 Å².